The fourth-order valence-electron chi connectivity index (χ4n) is 3.36. The summed E-state index contributed by atoms with van der Waals surface area (Å²) in [5.74, 6) is 0.583. The molecular formula is C24H27NO2. The van der Waals surface area contributed by atoms with Gasteiger partial charge in [0.1, 0.15) is 5.75 Å². The lowest BCUT2D eigenvalue weighted by Crippen LogP contribution is -2.38. The molecule has 3 heteroatoms. The third kappa shape index (κ3) is 4.30. The van der Waals surface area contributed by atoms with Gasteiger partial charge in [-0.05, 0) is 79.8 Å². The highest BCUT2D eigenvalue weighted by Gasteiger charge is 2.19. The maximum Gasteiger partial charge on any atom is 0.261 e. The molecule has 0 radical (unpaired) electrons. The Morgan fingerprint density at radius 2 is 1.52 bits per heavy atom. The van der Waals surface area contributed by atoms with Gasteiger partial charge in [0.15, 0.2) is 6.10 Å². The molecule has 0 aliphatic rings. The third-order valence-electron chi connectivity index (χ3n) is 5.11. The Kier molecular flexibility index (Phi) is 5.50. The van der Waals surface area contributed by atoms with Crippen LogP contribution in [-0.4, -0.2) is 12.0 Å². The predicted octanol–water partition coefficient (Wildman–Crippen LogP) is 5.41. The smallest absolute Gasteiger partial charge is 0.261 e. The van der Waals surface area contributed by atoms with E-state index in [0.717, 1.165) is 16.3 Å². The second-order valence-electron chi connectivity index (χ2n) is 7.29. The number of benzene rings is 3. The van der Waals surface area contributed by atoms with Gasteiger partial charge in [0.05, 0.1) is 6.04 Å². The van der Waals surface area contributed by atoms with Crippen molar-refractivity contribution >= 4 is 16.7 Å². The summed E-state index contributed by atoms with van der Waals surface area (Å²) in [4.78, 5) is 12.6. The van der Waals surface area contributed by atoms with Gasteiger partial charge < -0.3 is 10.1 Å². The predicted molar refractivity (Wildman–Crippen MR) is 111 cm³/mol. The first-order chi connectivity index (χ1) is 12.8. The SMILES string of the molecule is Cc1cc(C)c([C@@H](C)NC(=O)[C@@H](C)Oc2ccc3ccccc3c2)cc1C. The van der Waals surface area contributed by atoms with Crippen LogP contribution >= 0.6 is 0 Å². The van der Waals surface area contributed by atoms with E-state index >= 15 is 0 Å². The van der Waals surface area contributed by atoms with Gasteiger partial charge in [-0.25, -0.2) is 0 Å². The molecule has 0 aliphatic carbocycles. The minimum atomic E-state index is -0.569. The summed E-state index contributed by atoms with van der Waals surface area (Å²) in [5, 5.41) is 5.33. The number of rotatable bonds is 5. The summed E-state index contributed by atoms with van der Waals surface area (Å²) < 4.78 is 5.88. The van der Waals surface area contributed by atoms with Crippen LogP contribution < -0.4 is 10.1 Å². The molecule has 1 N–H and O–H groups in total. The maximum absolute atomic E-state index is 12.6. The lowest BCUT2D eigenvalue weighted by atomic mass is 9.96. The van der Waals surface area contributed by atoms with Gasteiger partial charge >= 0.3 is 0 Å². The monoisotopic (exact) mass is 361 g/mol. The Morgan fingerprint density at radius 3 is 2.26 bits per heavy atom. The summed E-state index contributed by atoms with van der Waals surface area (Å²) in [6, 6.07) is 18.2. The summed E-state index contributed by atoms with van der Waals surface area (Å²) in [6.45, 7) is 10.1. The van der Waals surface area contributed by atoms with E-state index in [4.69, 9.17) is 4.74 Å². The topological polar surface area (TPSA) is 38.3 Å². The fourth-order valence-corrected chi connectivity index (χ4v) is 3.36. The van der Waals surface area contributed by atoms with Crippen molar-refractivity contribution in [2.45, 2.75) is 46.8 Å². The van der Waals surface area contributed by atoms with Gasteiger partial charge in [-0.2, -0.15) is 0 Å². The first kappa shape index (κ1) is 19.0. The van der Waals surface area contributed by atoms with E-state index in [1.54, 1.807) is 6.92 Å². The van der Waals surface area contributed by atoms with Crippen LogP contribution in [0.1, 0.15) is 42.1 Å². The first-order valence-corrected chi connectivity index (χ1v) is 9.38. The van der Waals surface area contributed by atoms with Gasteiger partial charge in [-0.3, -0.25) is 4.79 Å². The number of fused-ring (bicyclic) bond motifs is 1. The van der Waals surface area contributed by atoms with Gasteiger partial charge in [-0.15, -0.1) is 0 Å². The molecular weight excluding hydrogens is 334 g/mol. The molecule has 0 saturated carbocycles. The molecule has 0 aliphatic heterocycles. The van der Waals surface area contributed by atoms with Gasteiger partial charge in [0.2, 0.25) is 0 Å². The Balaban J connectivity index is 1.68. The van der Waals surface area contributed by atoms with Crippen LogP contribution in [0, 0.1) is 20.8 Å². The van der Waals surface area contributed by atoms with E-state index in [0.29, 0.717) is 5.75 Å². The third-order valence-corrected chi connectivity index (χ3v) is 5.11. The summed E-state index contributed by atoms with van der Waals surface area (Å²) in [5.41, 5.74) is 4.83. The fraction of sp³-hybridized carbons (Fsp3) is 0.292. The summed E-state index contributed by atoms with van der Waals surface area (Å²) in [6.07, 6.45) is -0.569. The van der Waals surface area contributed by atoms with Crippen LogP contribution in [0.5, 0.6) is 5.75 Å². The first-order valence-electron chi connectivity index (χ1n) is 9.38. The number of carbonyl (C=O) groups is 1. The van der Waals surface area contributed by atoms with Gasteiger partial charge in [-0.1, -0.05) is 42.5 Å². The molecule has 0 unspecified atom stereocenters. The molecule has 0 fully saturated rings. The largest absolute Gasteiger partial charge is 0.481 e. The van der Waals surface area contributed by atoms with Crippen LogP contribution in [-0.2, 0) is 4.79 Å². The van der Waals surface area contributed by atoms with Crippen molar-refractivity contribution in [2.75, 3.05) is 0 Å². The van der Waals surface area contributed by atoms with Crippen molar-refractivity contribution in [1.82, 2.24) is 5.32 Å². The van der Waals surface area contributed by atoms with E-state index in [-0.39, 0.29) is 11.9 Å². The number of carbonyl (C=O) groups excluding carboxylic acids is 1. The van der Waals surface area contributed by atoms with Crippen molar-refractivity contribution in [1.29, 1.82) is 0 Å². The number of hydrogen-bond acceptors (Lipinski definition) is 2. The Morgan fingerprint density at radius 1 is 0.852 bits per heavy atom. The molecule has 140 valence electrons. The van der Waals surface area contributed by atoms with Crippen molar-refractivity contribution in [3.63, 3.8) is 0 Å². The molecule has 27 heavy (non-hydrogen) atoms. The molecule has 0 spiro atoms. The van der Waals surface area contributed by atoms with E-state index in [1.165, 1.54) is 16.7 Å². The molecule has 3 rings (SSSR count). The number of aryl methyl sites for hydroxylation is 3. The standard InChI is InChI=1S/C24H27NO2/c1-15-12-17(3)23(13-16(15)2)18(4)25-24(26)19(5)27-22-11-10-20-8-6-7-9-21(20)14-22/h6-14,18-19H,1-5H3,(H,25,26)/t18-,19-/m1/s1. The number of nitrogens with one attached hydrogen (secondary N) is 1. The lowest BCUT2D eigenvalue weighted by Gasteiger charge is -2.21. The molecule has 3 aromatic rings. The van der Waals surface area contributed by atoms with Crippen LogP contribution in [0.25, 0.3) is 10.8 Å². The van der Waals surface area contributed by atoms with E-state index in [1.807, 2.05) is 43.3 Å². The quantitative estimate of drug-likeness (QED) is 0.660. The molecule has 2 atom stereocenters. The van der Waals surface area contributed by atoms with E-state index < -0.39 is 6.10 Å². The molecule has 0 saturated heterocycles. The Hall–Kier alpha value is -2.81. The zero-order chi connectivity index (χ0) is 19.6. The maximum atomic E-state index is 12.6. The highest BCUT2D eigenvalue weighted by molar-refractivity contribution is 5.84. The van der Waals surface area contributed by atoms with Crippen molar-refractivity contribution in [2.24, 2.45) is 0 Å². The normalized spacial score (nSPS) is 13.2. The minimum Gasteiger partial charge on any atom is -0.481 e. The Labute approximate surface area is 161 Å². The van der Waals surface area contributed by atoms with Crippen LogP contribution in [0.4, 0.5) is 0 Å². The molecule has 0 heterocycles. The van der Waals surface area contributed by atoms with E-state index in [9.17, 15) is 4.79 Å². The highest BCUT2D eigenvalue weighted by Crippen LogP contribution is 2.23. The van der Waals surface area contributed by atoms with E-state index in [2.05, 4.69) is 44.3 Å². The molecule has 0 bridgehead atoms. The lowest BCUT2D eigenvalue weighted by molar-refractivity contribution is -0.127. The van der Waals surface area contributed by atoms with Gasteiger partial charge in [0, 0.05) is 0 Å². The molecule has 3 nitrogen and oxygen atoms in total. The van der Waals surface area contributed by atoms with Crippen molar-refractivity contribution in [3.8, 4) is 5.75 Å². The molecule has 0 aromatic heterocycles. The van der Waals surface area contributed by atoms with Crippen LogP contribution in [0.15, 0.2) is 54.6 Å². The zero-order valence-electron chi connectivity index (χ0n) is 16.7. The average molecular weight is 361 g/mol. The zero-order valence-corrected chi connectivity index (χ0v) is 16.7. The number of amides is 1. The number of hydrogen-bond donors (Lipinski definition) is 1. The van der Waals surface area contributed by atoms with Crippen LogP contribution in [0.3, 0.4) is 0 Å². The van der Waals surface area contributed by atoms with Crippen LogP contribution in [0.2, 0.25) is 0 Å². The second kappa shape index (κ2) is 7.83. The average Bonchev–Trinajstić information content (AvgIpc) is 2.64. The summed E-state index contributed by atoms with van der Waals surface area (Å²) in [7, 11) is 0. The summed E-state index contributed by atoms with van der Waals surface area (Å²) >= 11 is 0. The molecule has 3 aromatic carbocycles. The highest BCUT2D eigenvalue weighted by atomic mass is 16.5. The van der Waals surface area contributed by atoms with Gasteiger partial charge in [0.25, 0.3) is 5.91 Å². The second-order valence-corrected chi connectivity index (χ2v) is 7.29. The van der Waals surface area contributed by atoms with Crippen molar-refractivity contribution in [3.05, 3.63) is 76.9 Å². The van der Waals surface area contributed by atoms with Crippen molar-refractivity contribution < 1.29 is 9.53 Å². The molecule has 1 amide bonds. The number of ether oxygens (including phenoxy) is 1. The Bertz CT molecular complexity index is 977. The minimum absolute atomic E-state index is 0.0700.